The van der Waals surface area contributed by atoms with E-state index in [1.807, 2.05) is 0 Å². The van der Waals surface area contributed by atoms with Gasteiger partial charge in [-0.25, -0.2) is 13.2 Å². The molecule has 0 aliphatic carbocycles. The standard InChI is InChI=1S/C12H5ClF3/c13-8-3-1-2-7(4-8)12-10(15)5-9(14)6-11(12)16/h1,3-6H. The third kappa shape index (κ3) is 2.04. The van der Waals surface area contributed by atoms with Crippen LogP contribution in [0.3, 0.4) is 0 Å². The Morgan fingerprint density at radius 3 is 2.19 bits per heavy atom. The number of hydrogen-bond donors (Lipinski definition) is 0. The SMILES string of the molecule is Fc1cc(F)c(-c2[c]ccc(Cl)c2)c(F)c1. The fourth-order valence-corrected chi connectivity index (χ4v) is 1.55. The molecule has 0 saturated heterocycles. The van der Waals surface area contributed by atoms with E-state index < -0.39 is 17.5 Å². The quantitative estimate of drug-likeness (QED) is 0.701. The summed E-state index contributed by atoms with van der Waals surface area (Å²) in [6, 6.07) is 8.21. The third-order valence-corrected chi connectivity index (χ3v) is 2.27. The summed E-state index contributed by atoms with van der Waals surface area (Å²) >= 11 is 5.69. The number of benzene rings is 2. The normalized spacial score (nSPS) is 10.5. The molecular weight excluding hydrogens is 237 g/mol. The molecule has 0 unspecified atom stereocenters. The van der Waals surface area contributed by atoms with Crippen LogP contribution in [0.4, 0.5) is 13.2 Å². The van der Waals surface area contributed by atoms with Crippen molar-refractivity contribution >= 4 is 11.6 Å². The maximum absolute atomic E-state index is 13.4. The minimum absolute atomic E-state index is 0.155. The van der Waals surface area contributed by atoms with Gasteiger partial charge in [-0.05, 0) is 23.8 Å². The lowest BCUT2D eigenvalue weighted by Crippen LogP contribution is -1.92. The van der Waals surface area contributed by atoms with Crippen LogP contribution in [-0.4, -0.2) is 0 Å². The zero-order valence-corrected chi connectivity index (χ0v) is 8.65. The van der Waals surface area contributed by atoms with Gasteiger partial charge in [-0.1, -0.05) is 17.7 Å². The van der Waals surface area contributed by atoms with Gasteiger partial charge in [0.15, 0.2) is 0 Å². The highest BCUT2D eigenvalue weighted by molar-refractivity contribution is 6.30. The van der Waals surface area contributed by atoms with Crippen LogP contribution >= 0.6 is 11.6 Å². The van der Waals surface area contributed by atoms with E-state index in [1.54, 1.807) is 0 Å². The Kier molecular flexibility index (Phi) is 2.88. The van der Waals surface area contributed by atoms with Gasteiger partial charge in [0.2, 0.25) is 0 Å². The minimum atomic E-state index is -0.976. The molecule has 0 spiro atoms. The van der Waals surface area contributed by atoms with Crippen molar-refractivity contribution in [2.45, 2.75) is 0 Å². The lowest BCUT2D eigenvalue weighted by Gasteiger charge is -2.05. The summed E-state index contributed by atoms with van der Waals surface area (Å²) < 4.78 is 39.5. The average molecular weight is 242 g/mol. The molecule has 4 heteroatoms. The highest BCUT2D eigenvalue weighted by atomic mass is 35.5. The first-order valence-corrected chi connectivity index (χ1v) is 4.78. The maximum atomic E-state index is 13.4. The van der Waals surface area contributed by atoms with E-state index in [0.29, 0.717) is 17.2 Å². The van der Waals surface area contributed by atoms with Crippen LogP contribution in [0.15, 0.2) is 30.3 Å². The molecular formula is C12H5ClF3. The van der Waals surface area contributed by atoms with Crippen LogP contribution in [-0.2, 0) is 0 Å². The fraction of sp³-hybridized carbons (Fsp3) is 0. The summed E-state index contributed by atoms with van der Waals surface area (Å²) in [5.74, 6) is -2.91. The van der Waals surface area contributed by atoms with Crippen LogP contribution in [0, 0.1) is 23.5 Å². The summed E-state index contributed by atoms with van der Waals surface area (Å²) in [6.45, 7) is 0. The van der Waals surface area contributed by atoms with Crippen LogP contribution in [0.2, 0.25) is 5.02 Å². The molecule has 0 saturated carbocycles. The molecule has 0 heterocycles. The lowest BCUT2D eigenvalue weighted by molar-refractivity contribution is 0.548. The first-order chi connectivity index (χ1) is 7.58. The van der Waals surface area contributed by atoms with E-state index in [4.69, 9.17) is 11.6 Å². The van der Waals surface area contributed by atoms with Crippen LogP contribution in [0.5, 0.6) is 0 Å². The van der Waals surface area contributed by atoms with Gasteiger partial charge in [0.1, 0.15) is 17.5 Å². The van der Waals surface area contributed by atoms with E-state index in [9.17, 15) is 13.2 Å². The van der Waals surface area contributed by atoms with Crippen LogP contribution in [0.25, 0.3) is 11.1 Å². The molecule has 0 atom stereocenters. The molecule has 0 fully saturated rings. The van der Waals surface area contributed by atoms with Crippen molar-refractivity contribution in [2.24, 2.45) is 0 Å². The predicted octanol–water partition coefficient (Wildman–Crippen LogP) is 4.22. The smallest absolute Gasteiger partial charge is 0.136 e. The molecule has 0 nitrogen and oxygen atoms in total. The van der Waals surface area contributed by atoms with Crippen molar-refractivity contribution in [3.05, 3.63) is 58.9 Å². The molecule has 16 heavy (non-hydrogen) atoms. The first-order valence-electron chi connectivity index (χ1n) is 4.40. The van der Waals surface area contributed by atoms with Gasteiger partial charge in [0, 0.05) is 17.2 Å². The Labute approximate surface area is 95.3 Å². The molecule has 2 aromatic rings. The van der Waals surface area contributed by atoms with Gasteiger partial charge in [0.05, 0.1) is 5.56 Å². The highest BCUT2D eigenvalue weighted by Crippen LogP contribution is 2.28. The zero-order valence-electron chi connectivity index (χ0n) is 7.90. The Balaban J connectivity index is 2.64. The Morgan fingerprint density at radius 1 is 1.00 bits per heavy atom. The number of hydrogen-bond acceptors (Lipinski definition) is 0. The molecule has 0 amide bonds. The maximum Gasteiger partial charge on any atom is 0.136 e. The van der Waals surface area contributed by atoms with E-state index in [1.165, 1.54) is 18.2 Å². The fourth-order valence-electron chi connectivity index (χ4n) is 1.38. The molecule has 0 aliphatic rings. The lowest BCUT2D eigenvalue weighted by atomic mass is 10.0. The molecule has 81 valence electrons. The second-order valence-corrected chi connectivity index (χ2v) is 3.60. The predicted molar refractivity (Wildman–Crippen MR) is 55.6 cm³/mol. The topological polar surface area (TPSA) is 0 Å². The van der Waals surface area contributed by atoms with Crippen molar-refractivity contribution < 1.29 is 13.2 Å². The monoisotopic (exact) mass is 241 g/mol. The molecule has 0 aromatic heterocycles. The van der Waals surface area contributed by atoms with Crippen molar-refractivity contribution in [3.63, 3.8) is 0 Å². The van der Waals surface area contributed by atoms with Gasteiger partial charge in [-0.3, -0.25) is 0 Å². The summed E-state index contributed by atoms with van der Waals surface area (Å²) in [5, 5.41) is 0.330. The second kappa shape index (κ2) is 4.18. The summed E-state index contributed by atoms with van der Waals surface area (Å²) in [4.78, 5) is 0. The summed E-state index contributed by atoms with van der Waals surface area (Å²) in [7, 11) is 0. The van der Waals surface area contributed by atoms with Crippen molar-refractivity contribution in [3.8, 4) is 11.1 Å². The zero-order chi connectivity index (χ0) is 11.7. The second-order valence-electron chi connectivity index (χ2n) is 3.17. The van der Waals surface area contributed by atoms with E-state index in [-0.39, 0.29) is 11.1 Å². The molecule has 0 bridgehead atoms. The van der Waals surface area contributed by atoms with Crippen LogP contribution < -0.4 is 0 Å². The molecule has 2 aromatic carbocycles. The largest absolute Gasteiger partial charge is 0.207 e. The highest BCUT2D eigenvalue weighted by Gasteiger charge is 2.13. The van der Waals surface area contributed by atoms with E-state index in [0.717, 1.165) is 0 Å². The van der Waals surface area contributed by atoms with Crippen molar-refractivity contribution in [1.29, 1.82) is 0 Å². The number of halogens is 4. The Bertz CT molecular complexity index is 515. The minimum Gasteiger partial charge on any atom is -0.207 e. The summed E-state index contributed by atoms with van der Waals surface area (Å²) in [6.07, 6.45) is 0. The van der Waals surface area contributed by atoms with Gasteiger partial charge < -0.3 is 0 Å². The molecule has 1 radical (unpaired) electrons. The Morgan fingerprint density at radius 2 is 1.62 bits per heavy atom. The molecule has 2 rings (SSSR count). The average Bonchev–Trinajstić information content (AvgIpc) is 2.15. The first kappa shape index (κ1) is 11.0. The van der Waals surface area contributed by atoms with Crippen molar-refractivity contribution in [1.82, 2.24) is 0 Å². The van der Waals surface area contributed by atoms with Gasteiger partial charge in [0.25, 0.3) is 0 Å². The molecule has 0 N–H and O–H groups in total. The Hall–Kier alpha value is -1.48. The van der Waals surface area contributed by atoms with Gasteiger partial charge >= 0.3 is 0 Å². The van der Waals surface area contributed by atoms with Gasteiger partial charge in [-0.2, -0.15) is 0 Å². The van der Waals surface area contributed by atoms with E-state index in [2.05, 4.69) is 6.07 Å². The van der Waals surface area contributed by atoms with Crippen LogP contribution in [0.1, 0.15) is 0 Å². The van der Waals surface area contributed by atoms with E-state index >= 15 is 0 Å². The number of rotatable bonds is 1. The third-order valence-electron chi connectivity index (χ3n) is 2.04. The summed E-state index contributed by atoms with van der Waals surface area (Å²) in [5.41, 5.74) is -0.175. The van der Waals surface area contributed by atoms with Gasteiger partial charge in [-0.15, -0.1) is 0 Å². The molecule has 0 aliphatic heterocycles. The van der Waals surface area contributed by atoms with Crippen molar-refractivity contribution in [2.75, 3.05) is 0 Å².